The number of aryl methyl sites for hydroxylation is 1. The monoisotopic (exact) mass is 461 g/mol. The first-order valence-corrected chi connectivity index (χ1v) is 13.3. The summed E-state index contributed by atoms with van der Waals surface area (Å²) in [6.07, 6.45) is 11.2. The Kier molecular flexibility index (Phi) is 8.38. The zero-order valence-electron chi connectivity index (χ0n) is 20.5. The predicted octanol–water partition coefficient (Wildman–Crippen LogP) is 6.65. The fraction of sp³-hybridized carbons (Fsp3) is 0.467. The van der Waals surface area contributed by atoms with Gasteiger partial charge in [-0.2, -0.15) is 12.6 Å². The van der Waals surface area contributed by atoms with Gasteiger partial charge in [-0.05, 0) is 59.6 Å². The van der Waals surface area contributed by atoms with Crippen molar-refractivity contribution < 1.29 is 4.74 Å². The third kappa shape index (κ3) is 5.58. The van der Waals surface area contributed by atoms with Gasteiger partial charge in [0.2, 0.25) is 0 Å². The van der Waals surface area contributed by atoms with Crippen molar-refractivity contribution in [3.05, 3.63) is 88.5 Å². The second kappa shape index (κ2) is 11.4. The molecule has 2 aromatic carbocycles. The van der Waals surface area contributed by atoms with E-state index in [0.29, 0.717) is 17.9 Å². The molecule has 4 rings (SSSR count). The van der Waals surface area contributed by atoms with Crippen LogP contribution in [0.4, 0.5) is 0 Å². The van der Waals surface area contributed by atoms with Crippen LogP contribution in [0.25, 0.3) is 0 Å². The highest BCUT2D eigenvalue weighted by atomic mass is 32.1. The number of allylic oxidation sites excluding steroid dienone is 1. The zero-order chi connectivity index (χ0) is 23.2. The molecule has 2 heterocycles. The highest BCUT2D eigenvalue weighted by molar-refractivity contribution is 7.80. The van der Waals surface area contributed by atoms with E-state index in [-0.39, 0.29) is 0 Å². The minimum atomic E-state index is 0.525. The van der Waals surface area contributed by atoms with Crippen LogP contribution < -0.4 is 4.74 Å². The summed E-state index contributed by atoms with van der Waals surface area (Å²) in [5.41, 5.74) is 7.29. The summed E-state index contributed by atoms with van der Waals surface area (Å²) in [6.45, 7) is 9.83. The first kappa shape index (κ1) is 24.2. The Morgan fingerprint density at radius 3 is 2.76 bits per heavy atom. The third-order valence-corrected chi connectivity index (χ3v) is 7.75. The lowest BCUT2D eigenvalue weighted by Crippen LogP contribution is -2.35. The quantitative estimate of drug-likeness (QED) is 0.331. The van der Waals surface area contributed by atoms with E-state index in [9.17, 15) is 0 Å². The molecule has 0 N–H and O–H groups in total. The van der Waals surface area contributed by atoms with Crippen molar-refractivity contribution in [2.24, 2.45) is 5.92 Å². The van der Waals surface area contributed by atoms with Gasteiger partial charge in [-0.3, -0.25) is 4.90 Å². The summed E-state index contributed by atoms with van der Waals surface area (Å²) in [7, 11) is 0. The van der Waals surface area contributed by atoms with E-state index in [1.165, 1.54) is 34.2 Å². The SMILES string of the molecule is C/C=C(\C=C/CS)CN1CC(c2ccc3c(c2)CCO3)[C@@H](C)C1Cc1ccccc1CCC. The molecule has 2 unspecified atom stereocenters. The molecule has 2 aliphatic rings. The van der Waals surface area contributed by atoms with Crippen molar-refractivity contribution in [2.75, 3.05) is 25.4 Å². The molecule has 2 nitrogen and oxygen atoms in total. The fourth-order valence-corrected chi connectivity index (χ4v) is 5.78. The molecular formula is C30H39NOS. The van der Waals surface area contributed by atoms with Crippen LogP contribution in [0.15, 0.2) is 66.3 Å². The van der Waals surface area contributed by atoms with Crippen molar-refractivity contribution in [1.82, 2.24) is 4.90 Å². The number of fused-ring (bicyclic) bond motifs is 1. The normalized spacial score (nSPS) is 23.3. The average Bonchev–Trinajstić information content (AvgIpc) is 3.42. The summed E-state index contributed by atoms with van der Waals surface area (Å²) in [4.78, 5) is 2.74. The van der Waals surface area contributed by atoms with E-state index >= 15 is 0 Å². The summed E-state index contributed by atoms with van der Waals surface area (Å²) >= 11 is 4.37. The predicted molar refractivity (Wildman–Crippen MR) is 144 cm³/mol. The number of hydrogen-bond donors (Lipinski definition) is 1. The molecule has 0 saturated carbocycles. The maximum Gasteiger partial charge on any atom is 0.122 e. The van der Waals surface area contributed by atoms with E-state index in [4.69, 9.17) is 4.74 Å². The second-order valence-electron chi connectivity index (χ2n) is 9.60. The molecule has 2 aromatic rings. The number of thiol groups is 1. The Morgan fingerprint density at radius 2 is 2.00 bits per heavy atom. The first-order chi connectivity index (χ1) is 16.1. The Morgan fingerprint density at radius 1 is 1.18 bits per heavy atom. The van der Waals surface area contributed by atoms with Crippen molar-refractivity contribution in [1.29, 1.82) is 0 Å². The summed E-state index contributed by atoms with van der Waals surface area (Å²) in [5.74, 6) is 3.00. The molecule has 1 saturated heterocycles. The molecule has 176 valence electrons. The molecule has 1 fully saturated rings. The zero-order valence-corrected chi connectivity index (χ0v) is 21.4. The number of rotatable bonds is 9. The minimum absolute atomic E-state index is 0.525. The van der Waals surface area contributed by atoms with Gasteiger partial charge >= 0.3 is 0 Å². The van der Waals surface area contributed by atoms with Crippen molar-refractivity contribution in [3.63, 3.8) is 0 Å². The van der Waals surface area contributed by atoms with E-state index in [0.717, 1.165) is 50.5 Å². The summed E-state index contributed by atoms with van der Waals surface area (Å²) in [6, 6.07) is 16.5. The molecule has 3 atom stereocenters. The lowest BCUT2D eigenvalue weighted by molar-refractivity contribution is 0.248. The first-order valence-electron chi connectivity index (χ1n) is 12.6. The molecule has 3 heteroatoms. The van der Waals surface area contributed by atoms with Crippen LogP contribution in [0, 0.1) is 5.92 Å². The number of ether oxygens (including phenoxy) is 1. The largest absolute Gasteiger partial charge is 0.493 e. The van der Waals surface area contributed by atoms with Crippen LogP contribution in [0.2, 0.25) is 0 Å². The van der Waals surface area contributed by atoms with E-state index in [2.05, 4.69) is 99.0 Å². The number of likely N-dealkylation sites (tertiary alicyclic amines) is 1. The fourth-order valence-electron chi connectivity index (χ4n) is 5.67. The molecule has 0 aliphatic carbocycles. The molecule has 0 aromatic heterocycles. The van der Waals surface area contributed by atoms with Crippen molar-refractivity contribution in [3.8, 4) is 5.75 Å². The number of hydrogen-bond acceptors (Lipinski definition) is 3. The molecule has 0 bridgehead atoms. The van der Waals surface area contributed by atoms with Crippen molar-refractivity contribution >= 4 is 12.6 Å². The van der Waals surface area contributed by atoms with Gasteiger partial charge in [0.25, 0.3) is 0 Å². The average molecular weight is 462 g/mol. The Hall–Kier alpha value is -1.97. The van der Waals surface area contributed by atoms with E-state index in [1.807, 2.05) is 0 Å². The van der Waals surface area contributed by atoms with Gasteiger partial charge in [-0.15, -0.1) is 0 Å². The lowest BCUT2D eigenvalue weighted by atomic mass is 9.83. The standard InChI is InChI=1S/C30H39NOS/c1-4-9-24-11-6-7-12-25(24)19-29-22(3)28(21-31(29)20-23(5-2)10-8-17-33)26-13-14-30-27(18-26)15-16-32-30/h5-8,10-14,18,22,28-29,33H,4,9,15-17,19-21H2,1-3H3/b10-8-,23-5+/t22-,28?,29?/m1/s1. The Balaban J connectivity index is 1.62. The van der Waals surface area contributed by atoms with Crippen molar-refractivity contribution in [2.45, 2.75) is 58.4 Å². The van der Waals surface area contributed by atoms with E-state index in [1.54, 1.807) is 0 Å². The molecule has 0 spiro atoms. The number of benzene rings is 2. The van der Waals surface area contributed by atoms with E-state index < -0.39 is 0 Å². The molecule has 33 heavy (non-hydrogen) atoms. The van der Waals surface area contributed by atoms with Gasteiger partial charge in [0.05, 0.1) is 6.61 Å². The maximum absolute atomic E-state index is 5.77. The van der Waals surface area contributed by atoms with Crippen LogP contribution in [0.1, 0.15) is 55.4 Å². The van der Waals surface area contributed by atoms with Crippen LogP contribution >= 0.6 is 12.6 Å². The lowest BCUT2D eigenvalue weighted by Gasteiger charge is -2.28. The van der Waals surface area contributed by atoms with Gasteiger partial charge in [0.1, 0.15) is 5.75 Å². The minimum Gasteiger partial charge on any atom is -0.493 e. The highest BCUT2D eigenvalue weighted by Crippen LogP contribution is 2.41. The molecule has 2 aliphatic heterocycles. The van der Waals surface area contributed by atoms with Crippen LogP contribution in [0.3, 0.4) is 0 Å². The molecule has 0 amide bonds. The Bertz CT molecular complexity index is 995. The number of nitrogens with zero attached hydrogens (tertiary/aromatic N) is 1. The Labute approximate surface area is 206 Å². The van der Waals surface area contributed by atoms with Crippen LogP contribution in [0.5, 0.6) is 5.75 Å². The molecular weight excluding hydrogens is 422 g/mol. The van der Waals surface area contributed by atoms with Gasteiger partial charge in [0.15, 0.2) is 0 Å². The smallest absolute Gasteiger partial charge is 0.122 e. The summed E-state index contributed by atoms with van der Waals surface area (Å²) in [5, 5.41) is 0. The van der Waals surface area contributed by atoms with Gasteiger partial charge < -0.3 is 4.74 Å². The van der Waals surface area contributed by atoms with Gasteiger partial charge in [-0.1, -0.05) is 74.9 Å². The topological polar surface area (TPSA) is 12.5 Å². The third-order valence-electron chi connectivity index (χ3n) is 7.54. The molecule has 0 radical (unpaired) electrons. The summed E-state index contributed by atoms with van der Waals surface area (Å²) < 4.78 is 5.77. The van der Waals surface area contributed by atoms with Crippen LogP contribution in [-0.2, 0) is 19.3 Å². The van der Waals surface area contributed by atoms with Crippen LogP contribution in [-0.4, -0.2) is 36.4 Å². The highest BCUT2D eigenvalue weighted by Gasteiger charge is 2.40. The van der Waals surface area contributed by atoms with Gasteiger partial charge in [-0.25, -0.2) is 0 Å². The second-order valence-corrected chi connectivity index (χ2v) is 9.96. The maximum atomic E-state index is 5.77. The van der Waals surface area contributed by atoms with Gasteiger partial charge in [0, 0.05) is 37.2 Å².